The van der Waals surface area contributed by atoms with E-state index in [2.05, 4.69) is 10.3 Å². The van der Waals surface area contributed by atoms with Crippen molar-refractivity contribution >= 4 is 23.3 Å². The highest BCUT2D eigenvalue weighted by Gasteiger charge is 2.36. The van der Waals surface area contributed by atoms with Crippen LogP contribution in [0.3, 0.4) is 0 Å². The van der Waals surface area contributed by atoms with E-state index in [9.17, 15) is 4.79 Å². The maximum absolute atomic E-state index is 12.2. The van der Waals surface area contributed by atoms with Crippen molar-refractivity contribution in [2.75, 3.05) is 12.4 Å². The monoisotopic (exact) mass is 290 g/mol. The van der Waals surface area contributed by atoms with Crippen LogP contribution in [0.1, 0.15) is 12.5 Å². The highest BCUT2D eigenvalue weighted by molar-refractivity contribution is 6.33. The van der Waals surface area contributed by atoms with E-state index < -0.39 is 11.5 Å². The van der Waals surface area contributed by atoms with Gasteiger partial charge >= 0.3 is 5.97 Å². The molecule has 104 valence electrons. The summed E-state index contributed by atoms with van der Waals surface area (Å²) in [6, 6.07) is 10.8. The van der Waals surface area contributed by atoms with E-state index in [1.807, 2.05) is 18.2 Å². The molecule has 2 aromatic rings. The third-order valence-electron chi connectivity index (χ3n) is 3.11. The fourth-order valence-corrected chi connectivity index (χ4v) is 2.15. The standard InChI is InChI=1S/C15H15ClN2O2/c1-15(14(19)20-2,11-7-9-17-10-8-11)18-13-6-4-3-5-12(13)16/h3-10,18H,1-2H3. The minimum absolute atomic E-state index is 0.399. The normalized spacial score (nSPS) is 13.3. The molecule has 0 saturated heterocycles. The van der Waals surface area contributed by atoms with Crippen LogP contribution in [0.4, 0.5) is 5.69 Å². The molecule has 1 heterocycles. The number of nitrogens with zero attached hydrogens (tertiary/aromatic N) is 1. The van der Waals surface area contributed by atoms with Gasteiger partial charge in [-0.3, -0.25) is 4.98 Å². The first kappa shape index (κ1) is 14.3. The first-order chi connectivity index (χ1) is 9.58. The first-order valence-corrected chi connectivity index (χ1v) is 6.47. The molecule has 0 aliphatic rings. The van der Waals surface area contributed by atoms with Gasteiger partial charge in [0.25, 0.3) is 0 Å². The summed E-state index contributed by atoms with van der Waals surface area (Å²) in [5, 5.41) is 3.69. The zero-order valence-electron chi connectivity index (χ0n) is 11.3. The van der Waals surface area contributed by atoms with Gasteiger partial charge < -0.3 is 10.1 Å². The Kier molecular flexibility index (Phi) is 4.25. The van der Waals surface area contributed by atoms with Crippen LogP contribution in [0.15, 0.2) is 48.8 Å². The summed E-state index contributed by atoms with van der Waals surface area (Å²) in [5.74, 6) is -0.399. The molecule has 1 atom stereocenters. The number of esters is 1. The molecule has 1 aromatic heterocycles. The molecule has 0 spiro atoms. The van der Waals surface area contributed by atoms with Crippen LogP contribution in [0.2, 0.25) is 5.02 Å². The van der Waals surface area contributed by atoms with Crippen LogP contribution in [-0.2, 0) is 15.1 Å². The molecule has 1 unspecified atom stereocenters. The van der Waals surface area contributed by atoms with Crippen LogP contribution in [0.25, 0.3) is 0 Å². The third-order valence-corrected chi connectivity index (χ3v) is 3.44. The number of rotatable bonds is 4. The number of anilines is 1. The van der Waals surface area contributed by atoms with Gasteiger partial charge in [0.2, 0.25) is 0 Å². The minimum atomic E-state index is -1.04. The molecule has 0 aliphatic carbocycles. The smallest absolute Gasteiger partial charge is 0.335 e. The second-order valence-corrected chi connectivity index (χ2v) is 4.86. The van der Waals surface area contributed by atoms with Crippen molar-refractivity contribution in [3.63, 3.8) is 0 Å². The largest absolute Gasteiger partial charge is 0.467 e. The average Bonchev–Trinajstić information content (AvgIpc) is 2.49. The number of nitrogens with one attached hydrogen (secondary N) is 1. The second kappa shape index (κ2) is 5.92. The summed E-state index contributed by atoms with van der Waals surface area (Å²) in [5.41, 5.74) is 0.376. The first-order valence-electron chi connectivity index (χ1n) is 6.09. The van der Waals surface area contributed by atoms with Crippen molar-refractivity contribution in [3.05, 3.63) is 59.4 Å². The number of halogens is 1. The topological polar surface area (TPSA) is 51.2 Å². The Morgan fingerprint density at radius 3 is 2.50 bits per heavy atom. The molecule has 0 amide bonds. The van der Waals surface area contributed by atoms with Gasteiger partial charge in [-0.05, 0) is 36.8 Å². The second-order valence-electron chi connectivity index (χ2n) is 4.46. The Balaban J connectivity index is 2.44. The van der Waals surface area contributed by atoms with Gasteiger partial charge in [0.05, 0.1) is 17.8 Å². The van der Waals surface area contributed by atoms with Crippen molar-refractivity contribution in [1.82, 2.24) is 4.98 Å². The molecule has 0 bridgehead atoms. The maximum Gasteiger partial charge on any atom is 0.335 e. The highest BCUT2D eigenvalue weighted by Crippen LogP contribution is 2.30. The zero-order chi connectivity index (χ0) is 14.6. The highest BCUT2D eigenvalue weighted by atomic mass is 35.5. The third kappa shape index (κ3) is 2.75. The van der Waals surface area contributed by atoms with Crippen LogP contribution in [0.5, 0.6) is 0 Å². The van der Waals surface area contributed by atoms with Gasteiger partial charge in [0.1, 0.15) is 0 Å². The number of benzene rings is 1. The summed E-state index contributed by atoms with van der Waals surface area (Å²) in [6.45, 7) is 1.75. The lowest BCUT2D eigenvalue weighted by Gasteiger charge is -2.29. The predicted octanol–water partition coefficient (Wildman–Crippen LogP) is 3.24. The number of carbonyl (C=O) groups excluding carboxylic acids is 1. The number of hydrogen-bond donors (Lipinski definition) is 1. The molecular weight excluding hydrogens is 276 g/mol. The van der Waals surface area contributed by atoms with Crippen molar-refractivity contribution in [3.8, 4) is 0 Å². The molecule has 5 heteroatoms. The van der Waals surface area contributed by atoms with E-state index in [0.717, 1.165) is 5.56 Å². The fourth-order valence-electron chi connectivity index (χ4n) is 1.96. The number of ether oxygens (including phenoxy) is 1. The zero-order valence-corrected chi connectivity index (χ0v) is 12.0. The Bertz CT molecular complexity index is 604. The van der Waals surface area contributed by atoms with Gasteiger partial charge in [0, 0.05) is 12.4 Å². The Morgan fingerprint density at radius 2 is 1.90 bits per heavy atom. The summed E-state index contributed by atoms with van der Waals surface area (Å²) in [7, 11) is 1.36. The fraction of sp³-hybridized carbons (Fsp3) is 0.200. The Labute approximate surface area is 122 Å². The van der Waals surface area contributed by atoms with E-state index >= 15 is 0 Å². The quantitative estimate of drug-likeness (QED) is 0.878. The molecule has 4 nitrogen and oxygen atoms in total. The number of pyridine rings is 1. The van der Waals surface area contributed by atoms with E-state index in [-0.39, 0.29) is 0 Å². The van der Waals surface area contributed by atoms with Gasteiger partial charge in [-0.15, -0.1) is 0 Å². The maximum atomic E-state index is 12.2. The number of carbonyl (C=O) groups is 1. The number of para-hydroxylation sites is 1. The van der Waals surface area contributed by atoms with Crippen LogP contribution in [0, 0.1) is 0 Å². The van der Waals surface area contributed by atoms with Crippen LogP contribution >= 0.6 is 11.6 Å². The Morgan fingerprint density at radius 1 is 1.25 bits per heavy atom. The lowest BCUT2D eigenvalue weighted by atomic mass is 9.92. The van der Waals surface area contributed by atoms with Crippen LogP contribution in [-0.4, -0.2) is 18.1 Å². The van der Waals surface area contributed by atoms with Gasteiger partial charge in [-0.25, -0.2) is 4.79 Å². The average molecular weight is 291 g/mol. The molecule has 1 N–H and O–H groups in total. The summed E-state index contributed by atoms with van der Waals surface area (Å²) in [4.78, 5) is 16.2. The molecule has 2 rings (SSSR count). The number of methoxy groups -OCH3 is 1. The SMILES string of the molecule is COC(=O)C(C)(Nc1ccccc1Cl)c1ccncc1. The summed E-state index contributed by atoms with van der Waals surface area (Å²) >= 11 is 6.14. The van der Waals surface area contributed by atoms with E-state index in [0.29, 0.717) is 10.7 Å². The lowest BCUT2D eigenvalue weighted by molar-refractivity contribution is -0.145. The minimum Gasteiger partial charge on any atom is -0.467 e. The molecule has 0 radical (unpaired) electrons. The Hall–Kier alpha value is -2.07. The van der Waals surface area contributed by atoms with Crippen LogP contribution < -0.4 is 5.32 Å². The molecule has 0 fully saturated rings. The molecular formula is C15H15ClN2O2. The van der Waals surface area contributed by atoms with E-state index in [4.69, 9.17) is 16.3 Å². The van der Waals surface area contributed by atoms with Gasteiger partial charge in [-0.2, -0.15) is 0 Å². The van der Waals surface area contributed by atoms with Crippen molar-refractivity contribution in [2.45, 2.75) is 12.5 Å². The lowest BCUT2D eigenvalue weighted by Crippen LogP contribution is -2.41. The number of hydrogen-bond acceptors (Lipinski definition) is 4. The predicted molar refractivity (Wildman–Crippen MR) is 78.7 cm³/mol. The van der Waals surface area contributed by atoms with Gasteiger partial charge in [-0.1, -0.05) is 23.7 Å². The summed E-state index contributed by atoms with van der Waals surface area (Å²) in [6.07, 6.45) is 3.26. The molecule has 20 heavy (non-hydrogen) atoms. The van der Waals surface area contributed by atoms with E-state index in [1.165, 1.54) is 7.11 Å². The summed E-state index contributed by atoms with van der Waals surface area (Å²) < 4.78 is 4.92. The van der Waals surface area contributed by atoms with Crippen molar-refractivity contribution in [2.24, 2.45) is 0 Å². The molecule has 1 aromatic carbocycles. The molecule has 0 saturated carbocycles. The van der Waals surface area contributed by atoms with Crippen molar-refractivity contribution in [1.29, 1.82) is 0 Å². The number of aromatic nitrogens is 1. The molecule has 0 aliphatic heterocycles. The van der Waals surface area contributed by atoms with Crippen molar-refractivity contribution < 1.29 is 9.53 Å². The van der Waals surface area contributed by atoms with Gasteiger partial charge in [0.15, 0.2) is 5.54 Å². The van der Waals surface area contributed by atoms with E-state index in [1.54, 1.807) is 37.5 Å².